The van der Waals surface area contributed by atoms with Gasteiger partial charge in [-0.15, -0.1) is 0 Å². The van der Waals surface area contributed by atoms with Gasteiger partial charge in [0.15, 0.2) is 5.96 Å². The summed E-state index contributed by atoms with van der Waals surface area (Å²) in [6.07, 6.45) is 1.56. The lowest BCUT2D eigenvalue weighted by atomic mass is 10.1. The molecule has 1 aromatic rings. The van der Waals surface area contributed by atoms with E-state index in [0.717, 1.165) is 12.8 Å². The molecule has 2 N–H and O–H groups in total. The van der Waals surface area contributed by atoms with Crippen LogP contribution in [0.1, 0.15) is 47.4 Å². The van der Waals surface area contributed by atoms with Crippen LogP contribution in [-0.4, -0.2) is 62.1 Å². The topological polar surface area (TPSA) is 83.0 Å². The third-order valence-electron chi connectivity index (χ3n) is 4.44. The van der Waals surface area contributed by atoms with Gasteiger partial charge in [-0.2, -0.15) is 0 Å². The molecule has 0 saturated heterocycles. The van der Waals surface area contributed by atoms with Gasteiger partial charge in [0, 0.05) is 33.8 Å². The molecule has 0 saturated carbocycles. The summed E-state index contributed by atoms with van der Waals surface area (Å²) in [7, 11) is 3.39. The number of nitrogens with zero attached hydrogens (tertiary/aromatic N) is 2. The van der Waals surface area contributed by atoms with E-state index >= 15 is 0 Å². The van der Waals surface area contributed by atoms with Gasteiger partial charge in [-0.1, -0.05) is 12.1 Å². The zero-order valence-electron chi connectivity index (χ0n) is 16.0. The van der Waals surface area contributed by atoms with Crippen molar-refractivity contribution in [3.63, 3.8) is 0 Å². The number of imide groups is 1. The number of carbonyl (C=O) groups excluding carboxylic acids is 2. The van der Waals surface area contributed by atoms with E-state index in [-0.39, 0.29) is 17.4 Å². The van der Waals surface area contributed by atoms with Crippen molar-refractivity contribution >= 4 is 17.8 Å². The molecule has 1 aliphatic rings. The number of rotatable bonds is 8. The van der Waals surface area contributed by atoms with Gasteiger partial charge >= 0.3 is 0 Å². The second kappa shape index (κ2) is 8.80. The summed E-state index contributed by atoms with van der Waals surface area (Å²) in [5, 5.41) is 6.44. The number of aliphatic imine (C=N–C) groups is 1. The van der Waals surface area contributed by atoms with E-state index in [9.17, 15) is 9.59 Å². The van der Waals surface area contributed by atoms with E-state index in [1.807, 2.05) is 13.8 Å². The highest BCUT2D eigenvalue weighted by Gasteiger charge is 2.34. The number of amides is 2. The van der Waals surface area contributed by atoms with Crippen LogP contribution < -0.4 is 10.6 Å². The maximum atomic E-state index is 12.3. The second-order valence-corrected chi connectivity index (χ2v) is 6.83. The van der Waals surface area contributed by atoms with E-state index < -0.39 is 0 Å². The average Bonchev–Trinajstić information content (AvgIpc) is 2.89. The molecule has 1 aromatic carbocycles. The van der Waals surface area contributed by atoms with Gasteiger partial charge < -0.3 is 15.4 Å². The lowest BCUT2D eigenvalue weighted by Crippen LogP contribution is -2.45. The van der Waals surface area contributed by atoms with Crippen LogP contribution in [0.2, 0.25) is 0 Å². The first kappa shape index (κ1) is 19.9. The number of methoxy groups -OCH3 is 1. The Kier molecular flexibility index (Phi) is 6.74. The van der Waals surface area contributed by atoms with Crippen LogP contribution in [-0.2, 0) is 4.74 Å². The van der Waals surface area contributed by atoms with Gasteiger partial charge in [0.05, 0.1) is 16.7 Å². The molecule has 2 amide bonds. The first-order valence-electron chi connectivity index (χ1n) is 8.84. The zero-order chi connectivity index (χ0) is 19.2. The monoisotopic (exact) mass is 360 g/mol. The van der Waals surface area contributed by atoms with E-state index in [2.05, 4.69) is 15.6 Å². The Morgan fingerprint density at radius 2 is 1.73 bits per heavy atom. The fraction of sp³-hybridized carbons (Fsp3) is 0.526. The van der Waals surface area contributed by atoms with Crippen molar-refractivity contribution < 1.29 is 14.3 Å². The fourth-order valence-electron chi connectivity index (χ4n) is 2.63. The largest absolute Gasteiger partial charge is 0.377 e. The van der Waals surface area contributed by atoms with Gasteiger partial charge in [-0.3, -0.25) is 19.5 Å². The average molecular weight is 360 g/mol. The molecule has 0 aromatic heterocycles. The van der Waals surface area contributed by atoms with Crippen LogP contribution in [0.25, 0.3) is 0 Å². The number of guanidine groups is 1. The minimum absolute atomic E-state index is 0.196. The maximum absolute atomic E-state index is 12.3. The van der Waals surface area contributed by atoms with Gasteiger partial charge in [-0.05, 0) is 38.8 Å². The van der Waals surface area contributed by atoms with Crippen LogP contribution in [0.4, 0.5) is 0 Å². The van der Waals surface area contributed by atoms with Crippen LogP contribution in [0, 0.1) is 0 Å². The quantitative estimate of drug-likeness (QED) is 0.319. The number of nitrogens with one attached hydrogen (secondary N) is 2. The summed E-state index contributed by atoms with van der Waals surface area (Å²) in [6, 6.07) is 6.96. The number of benzene rings is 1. The molecule has 0 bridgehead atoms. The molecule has 0 unspecified atom stereocenters. The summed E-state index contributed by atoms with van der Waals surface area (Å²) >= 11 is 0. The van der Waals surface area contributed by atoms with Crippen molar-refractivity contribution in [2.24, 2.45) is 4.99 Å². The Labute approximate surface area is 154 Å². The number of hydrogen-bond donors (Lipinski definition) is 2. The molecule has 7 heteroatoms. The molecule has 1 aliphatic heterocycles. The Hall–Kier alpha value is -2.41. The van der Waals surface area contributed by atoms with Crippen molar-refractivity contribution in [2.75, 3.05) is 33.8 Å². The maximum Gasteiger partial charge on any atom is 0.261 e. The lowest BCUT2D eigenvalue weighted by Gasteiger charge is -2.24. The van der Waals surface area contributed by atoms with E-state index in [0.29, 0.717) is 36.7 Å². The van der Waals surface area contributed by atoms with Gasteiger partial charge in [0.1, 0.15) is 0 Å². The number of unbranched alkanes of at least 4 members (excludes halogenated alkanes) is 1. The van der Waals surface area contributed by atoms with Crippen LogP contribution in [0.3, 0.4) is 0 Å². The molecule has 142 valence electrons. The molecule has 2 rings (SSSR count). The summed E-state index contributed by atoms with van der Waals surface area (Å²) in [5.74, 6) is 0.312. The van der Waals surface area contributed by atoms with Crippen molar-refractivity contribution in [3.8, 4) is 0 Å². The molecule has 0 radical (unpaired) electrons. The Morgan fingerprint density at radius 3 is 2.27 bits per heavy atom. The van der Waals surface area contributed by atoms with Crippen molar-refractivity contribution in [3.05, 3.63) is 35.4 Å². The number of ether oxygens (including phenoxy) is 1. The molecule has 26 heavy (non-hydrogen) atoms. The molecule has 7 nitrogen and oxygen atoms in total. The van der Waals surface area contributed by atoms with Crippen molar-refractivity contribution in [1.29, 1.82) is 0 Å². The van der Waals surface area contributed by atoms with Gasteiger partial charge in [0.25, 0.3) is 11.8 Å². The predicted molar refractivity (Wildman–Crippen MR) is 101 cm³/mol. The highest BCUT2D eigenvalue weighted by Crippen LogP contribution is 2.22. The van der Waals surface area contributed by atoms with E-state index in [1.165, 1.54) is 4.90 Å². The standard InChI is InChI=1S/C19H28N4O3/c1-19(2,26-4)13-22-18(20-3)21-11-7-8-12-23-16(24)14-9-5-6-10-15(14)17(23)25/h5-6,9-10H,7-8,11-13H2,1-4H3,(H2,20,21,22). The molecule has 0 spiro atoms. The molecule has 1 heterocycles. The van der Waals surface area contributed by atoms with Crippen molar-refractivity contribution in [2.45, 2.75) is 32.3 Å². The SMILES string of the molecule is CN=C(NCCCCN1C(=O)c2ccccc2C1=O)NCC(C)(C)OC. The summed E-state index contributed by atoms with van der Waals surface area (Å²) in [6.45, 7) is 5.76. The smallest absolute Gasteiger partial charge is 0.261 e. The third-order valence-corrected chi connectivity index (χ3v) is 4.44. The Morgan fingerprint density at radius 1 is 1.12 bits per heavy atom. The summed E-state index contributed by atoms with van der Waals surface area (Å²) in [4.78, 5) is 30.1. The second-order valence-electron chi connectivity index (χ2n) is 6.83. The molecular formula is C19H28N4O3. The van der Waals surface area contributed by atoms with E-state index in [4.69, 9.17) is 4.74 Å². The molecule has 0 aliphatic carbocycles. The molecular weight excluding hydrogens is 332 g/mol. The Bertz CT molecular complexity index is 650. The van der Waals surface area contributed by atoms with Crippen molar-refractivity contribution in [1.82, 2.24) is 15.5 Å². The number of hydrogen-bond acceptors (Lipinski definition) is 4. The predicted octanol–water partition coefficient (Wildman–Crippen LogP) is 1.65. The first-order chi connectivity index (χ1) is 12.4. The molecule has 0 atom stereocenters. The van der Waals surface area contributed by atoms with E-state index in [1.54, 1.807) is 38.4 Å². The first-order valence-corrected chi connectivity index (χ1v) is 8.84. The lowest BCUT2D eigenvalue weighted by molar-refractivity contribution is 0.0268. The normalized spacial score (nSPS) is 14.6. The highest BCUT2D eigenvalue weighted by atomic mass is 16.5. The summed E-state index contributed by atoms with van der Waals surface area (Å²) < 4.78 is 5.36. The molecule has 0 fully saturated rings. The fourth-order valence-corrected chi connectivity index (χ4v) is 2.63. The van der Waals surface area contributed by atoms with Gasteiger partial charge in [0.2, 0.25) is 0 Å². The number of carbonyl (C=O) groups is 2. The minimum Gasteiger partial charge on any atom is -0.377 e. The van der Waals surface area contributed by atoms with Crippen LogP contribution in [0.5, 0.6) is 0 Å². The highest BCUT2D eigenvalue weighted by molar-refractivity contribution is 6.21. The number of fused-ring (bicyclic) bond motifs is 1. The zero-order valence-corrected chi connectivity index (χ0v) is 16.0. The Balaban J connectivity index is 1.71. The third kappa shape index (κ3) is 4.82. The summed E-state index contributed by atoms with van der Waals surface area (Å²) in [5.41, 5.74) is 0.727. The van der Waals surface area contributed by atoms with Crippen LogP contribution >= 0.6 is 0 Å². The van der Waals surface area contributed by atoms with Gasteiger partial charge in [-0.25, -0.2) is 0 Å². The van der Waals surface area contributed by atoms with Crippen LogP contribution in [0.15, 0.2) is 29.3 Å². The minimum atomic E-state index is -0.275.